The van der Waals surface area contributed by atoms with E-state index < -0.39 is 0 Å². The zero-order valence-electron chi connectivity index (χ0n) is 18.0. The van der Waals surface area contributed by atoms with E-state index in [0.29, 0.717) is 31.6 Å². The highest BCUT2D eigenvalue weighted by atomic mass is 16.5. The predicted octanol–water partition coefficient (Wildman–Crippen LogP) is 2.29. The van der Waals surface area contributed by atoms with E-state index in [9.17, 15) is 14.4 Å². The van der Waals surface area contributed by atoms with Crippen molar-refractivity contribution < 1.29 is 19.1 Å². The van der Waals surface area contributed by atoms with E-state index in [1.54, 1.807) is 19.2 Å². The van der Waals surface area contributed by atoms with Crippen molar-refractivity contribution in [1.29, 1.82) is 0 Å². The van der Waals surface area contributed by atoms with Crippen molar-refractivity contribution in [2.75, 3.05) is 20.2 Å². The summed E-state index contributed by atoms with van der Waals surface area (Å²) in [5.74, 6) is 0.588. The molecule has 0 saturated carbocycles. The Hall–Kier alpha value is -3.35. The highest BCUT2D eigenvalue weighted by molar-refractivity contribution is 5.94. The van der Waals surface area contributed by atoms with Crippen LogP contribution in [-0.2, 0) is 22.6 Å². The number of hydrogen-bond donors (Lipinski definition) is 2. The third-order valence-corrected chi connectivity index (χ3v) is 5.47. The normalized spacial score (nSPS) is 14.1. The van der Waals surface area contributed by atoms with Crippen LogP contribution in [0.1, 0.15) is 41.3 Å². The first kappa shape index (κ1) is 22.3. The molecule has 3 rings (SSSR count). The first-order valence-electron chi connectivity index (χ1n) is 10.5. The molecule has 0 unspecified atom stereocenters. The summed E-state index contributed by atoms with van der Waals surface area (Å²) in [6, 6.07) is 14.8. The van der Waals surface area contributed by atoms with Crippen LogP contribution in [0.4, 0.5) is 0 Å². The van der Waals surface area contributed by atoms with Crippen LogP contribution in [0.15, 0.2) is 48.5 Å². The third kappa shape index (κ3) is 6.31. The lowest BCUT2D eigenvalue weighted by atomic mass is 10.0. The molecule has 0 bridgehead atoms. The molecule has 164 valence electrons. The summed E-state index contributed by atoms with van der Waals surface area (Å²) in [6.45, 7) is 3.15. The first-order valence-corrected chi connectivity index (χ1v) is 10.5. The number of carbonyl (C=O) groups excluding carboxylic acids is 3. The number of para-hydroxylation sites is 1. The van der Waals surface area contributed by atoms with Crippen LogP contribution in [-0.4, -0.2) is 48.9 Å². The fourth-order valence-corrected chi connectivity index (χ4v) is 3.67. The Labute approximate surface area is 182 Å². The van der Waals surface area contributed by atoms with Gasteiger partial charge in [-0.05, 0) is 36.6 Å². The number of nitrogens with one attached hydrogen (secondary N) is 2. The molecule has 0 radical (unpaired) electrons. The average molecular weight is 424 g/mol. The topological polar surface area (TPSA) is 87.7 Å². The maximum Gasteiger partial charge on any atom is 0.251 e. The molecule has 0 spiro atoms. The van der Waals surface area contributed by atoms with Gasteiger partial charge in [-0.25, -0.2) is 0 Å². The van der Waals surface area contributed by atoms with Gasteiger partial charge < -0.3 is 20.3 Å². The number of rotatable bonds is 7. The van der Waals surface area contributed by atoms with Gasteiger partial charge in [-0.2, -0.15) is 0 Å². The van der Waals surface area contributed by atoms with Gasteiger partial charge in [-0.15, -0.1) is 0 Å². The van der Waals surface area contributed by atoms with Crippen LogP contribution in [0.3, 0.4) is 0 Å². The van der Waals surface area contributed by atoms with Gasteiger partial charge in [0.15, 0.2) is 0 Å². The molecule has 1 aliphatic heterocycles. The molecule has 1 saturated heterocycles. The van der Waals surface area contributed by atoms with Crippen molar-refractivity contribution >= 4 is 17.7 Å². The zero-order valence-corrected chi connectivity index (χ0v) is 18.0. The maximum atomic E-state index is 12.7. The van der Waals surface area contributed by atoms with Crippen LogP contribution in [0, 0.1) is 0 Å². The minimum atomic E-state index is -0.120. The summed E-state index contributed by atoms with van der Waals surface area (Å²) in [7, 11) is 1.61. The molecule has 2 aromatic carbocycles. The Kier molecular flexibility index (Phi) is 7.65. The number of carbonyl (C=O) groups is 3. The minimum Gasteiger partial charge on any atom is -0.496 e. The first-order chi connectivity index (χ1) is 15.0. The van der Waals surface area contributed by atoms with E-state index in [1.807, 2.05) is 41.3 Å². The molecule has 1 heterocycles. The largest absolute Gasteiger partial charge is 0.496 e. The number of likely N-dealkylation sites (tertiary alicyclic amines) is 1. The van der Waals surface area contributed by atoms with Gasteiger partial charge in [0, 0.05) is 43.7 Å². The quantitative estimate of drug-likeness (QED) is 0.715. The van der Waals surface area contributed by atoms with Crippen LogP contribution < -0.4 is 15.4 Å². The second-order valence-electron chi connectivity index (χ2n) is 7.72. The molecule has 2 N–H and O–H groups in total. The molecule has 0 atom stereocenters. The highest BCUT2D eigenvalue weighted by Gasteiger charge is 2.24. The van der Waals surface area contributed by atoms with Crippen molar-refractivity contribution in [2.24, 2.45) is 0 Å². The van der Waals surface area contributed by atoms with Crippen LogP contribution >= 0.6 is 0 Å². The number of methoxy groups -OCH3 is 1. The van der Waals surface area contributed by atoms with E-state index in [1.165, 1.54) is 6.92 Å². The van der Waals surface area contributed by atoms with Gasteiger partial charge in [0.1, 0.15) is 5.75 Å². The average Bonchev–Trinajstić information content (AvgIpc) is 2.78. The van der Waals surface area contributed by atoms with Gasteiger partial charge in [0.05, 0.1) is 13.5 Å². The molecular weight excluding hydrogens is 394 g/mol. The predicted molar refractivity (Wildman–Crippen MR) is 118 cm³/mol. The molecule has 0 aliphatic carbocycles. The molecule has 7 heteroatoms. The Morgan fingerprint density at radius 1 is 1.03 bits per heavy atom. The Balaban J connectivity index is 1.46. The van der Waals surface area contributed by atoms with Crippen LogP contribution in [0.25, 0.3) is 0 Å². The summed E-state index contributed by atoms with van der Waals surface area (Å²) in [5, 5.41) is 5.80. The number of piperidine rings is 1. The van der Waals surface area contributed by atoms with Crippen molar-refractivity contribution in [3.8, 4) is 5.75 Å². The van der Waals surface area contributed by atoms with Crippen molar-refractivity contribution in [3.05, 3.63) is 65.2 Å². The van der Waals surface area contributed by atoms with E-state index in [-0.39, 0.29) is 23.8 Å². The summed E-state index contributed by atoms with van der Waals surface area (Å²) < 4.78 is 5.33. The second kappa shape index (κ2) is 10.6. The van der Waals surface area contributed by atoms with Crippen LogP contribution in [0.5, 0.6) is 5.75 Å². The molecule has 1 fully saturated rings. The lowest BCUT2D eigenvalue weighted by Crippen LogP contribution is -2.47. The molecule has 0 aromatic heterocycles. The number of amides is 3. The zero-order chi connectivity index (χ0) is 22.2. The smallest absolute Gasteiger partial charge is 0.251 e. The summed E-state index contributed by atoms with van der Waals surface area (Å²) in [6.07, 6.45) is 1.76. The number of hydrogen-bond acceptors (Lipinski definition) is 4. The van der Waals surface area contributed by atoms with Crippen LogP contribution in [0.2, 0.25) is 0 Å². The van der Waals surface area contributed by atoms with Gasteiger partial charge >= 0.3 is 0 Å². The number of nitrogens with zero attached hydrogens (tertiary/aromatic N) is 1. The maximum absolute atomic E-state index is 12.7. The minimum absolute atomic E-state index is 0.0434. The van der Waals surface area contributed by atoms with Gasteiger partial charge in [-0.3, -0.25) is 14.4 Å². The van der Waals surface area contributed by atoms with Gasteiger partial charge in [0.2, 0.25) is 11.8 Å². The monoisotopic (exact) mass is 423 g/mol. The Bertz CT molecular complexity index is 919. The lowest BCUT2D eigenvalue weighted by molar-refractivity contribution is -0.131. The SMILES string of the molecule is COc1ccccc1CC(=O)N1CCC(NC(=O)c2ccc(CNC(C)=O)cc2)CC1. The molecule has 2 aromatic rings. The number of ether oxygens (including phenoxy) is 1. The van der Waals surface area contributed by atoms with Crippen molar-refractivity contribution in [3.63, 3.8) is 0 Å². The van der Waals surface area contributed by atoms with Gasteiger partial charge in [-0.1, -0.05) is 30.3 Å². The Morgan fingerprint density at radius 3 is 2.35 bits per heavy atom. The molecule has 1 aliphatic rings. The van der Waals surface area contributed by atoms with E-state index in [2.05, 4.69) is 10.6 Å². The molecule has 3 amide bonds. The molecule has 7 nitrogen and oxygen atoms in total. The Morgan fingerprint density at radius 2 is 1.71 bits per heavy atom. The fraction of sp³-hybridized carbons (Fsp3) is 0.375. The van der Waals surface area contributed by atoms with E-state index in [4.69, 9.17) is 4.74 Å². The molecular formula is C24H29N3O4. The number of benzene rings is 2. The lowest BCUT2D eigenvalue weighted by Gasteiger charge is -2.32. The van der Waals surface area contributed by atoms with Crippen molar-refractivity contribution in [2.45, 2.75) is 38.8 Å². The van der Waals surface area contributed by atoms with E-state index >= 15 is 0 Å². The summed E-state index contributed by atoms with van der Waals surface area (Å²) >= 11 is 0. The molecule has 31 heavy (non-hydrogen) atoms. The third-order valence-electron chi connectivity index (χ3n) is 5.47. The second-order valence-corrected chi connectivity index (χ2v) is 7.72. The highest BCUT2D eigenvalue weighted by Crippen LogP contribution is 2.20. The fourth-order valence-electron chi connectivity index (χ4n) is 3.67. The summed E-state index contributed by atoms with van der Waals surface area (Å²) in [4.78, 5) is 38.1. The van der Waals surface area contributed by atoms with Gasteiger partial charge in [0.25, 0.3) is 5.91 Å². The van der Waals surface area contributed by atoms with E-state index in [0.717, 1.165) is 29.7 Å². The summed E-state index contributed by atoms with van der Waals surface area (Å²) in [5.41, 5.74) is 2.40. The standard InChI is InChI=1S/C24H29N3O4/c1-17(28)25-16-18-7-9-19(10-8-18)24(30)26-21-11-13-27(14-12-21)23(29)15-20-5-3-4-6-22(20)31-2/h3-10,21H,11-16H2,1-2H3,(H,25,28)(H,26,30). The van der Waals surface area contributed by atoms with Crippen molar-refractivity contribution in [1.82, 2.24) is 15.5 Å².